The maximum absolute atomic E-state index is 12.7. The Morgan fingerprint density at radius 3 is 2.53 bits per heavy atom. The van der Waals surface area contributed by atoms with Gasteiger partial charge in [-0.15, -0.1) is 0 Å². The summed E-state index contributed by atoms with van der Waals surface area (Å²) in [6.07, 6.45) is -1.01. The number of nitrogens with zero attached hydrogens (tertiary/aromatic N) is 3. The van der Waals surface area contributed by atoms with Gasteiger partial charge >= 0.3 is 13.7 Å². The third kappa shape index (κ3) is 2.51. The Morgan fingerprint density at radius 2 is 2.00 bits per heavy atom. The maximum Gasteiger partial charge on any atom is 0.408 e. The Balaban J connectivity index is 2.20. The standard InChI is InChI=1S/C9H11BF3N3O/c11-9(12,13)7-2-1-3-16(7)8-14-4-6(10-17)5-15-8/h4-5,7,10,17H,1-3H2. The van der Waals surface area contributed by atoms with Crippen molar-refractivity contribution in [1.29, 1.82) is 0 Å². The average molecular weight is 245 g/mol. The maximum atomic E-state index is 12.7. The van der Waals surface area contributed by atoms with Gasteiger partial charge in [0.1, 0.15) is 6.04 Å². The fourth-order valence-electron chi connectivity index (χ4n) is 1.92. The molecule has 0 amide bonds. The molecular formula is C9H11BF3N3O. The first-order chi connectivity index (χ1) is 8.02. The number of rotatable bonds is 2. The van der Waals surface area contributed by atoms with Gasteiger partial charge in [-0.2, -0.15) is 13.2 Å². The van der Waals surface area contributed by atoms with E-state index in [0.717, 1.165) is 0 Å². The number of anilines is 1. The molecule has 0 bridgehead atoms. The predicted octanol–water partition coefficient (Wildman–Crippen LogP) is -0.0232. The highest BCUT2D eigenvalue weighted by molar-refractivity contribution is 6.45. The fraction of sp³-hybridized carbons (Fsp3) is 0.556. The molecule has 1 unspecified atom stereocenters. The highest BCUT2D eigenvalue weighted by Crippen LogP contribution is 2.34. The van der Waals surface area contributed by atoms with E-state index in [1.807, 2.05) is 0 Å². The van der Waals surface area contributed by atoms with Crippen molar-refractivity contribution < 1.29 is 18.2 Å². The first-order valence-electron chi connectivity index (χ1n) is 5.27. The molecule has 17 heavy (non-hydrogen) atoms. The van der Waals surface area contributed by atoms with Gasteiger partial charge in [0.05, 0.1) is 0 Å². The largest absolute Gasteiger partial charge is 0.449 e. The molecule has 0 aromatic carbocycles. The lowest BCUT2D eigenvalue weighted by atomic mass is 9.92. The van der Waals surface area contributed by atoms with Crippen molar-refractivity contribution >= 4 is 18.9 Å². The molecule has 1 aromatic rings. The van der Waals surface area contributed by atoms with Gasteiger partial charge in [0.2, 0.25) is 5.95 Å². The van der Waals surface area contributed by atoms with E-state index in [2.05, 4.69) is 9.97 Å². The molecule has 1 atom stereocenters. The molecular weight excluding hydrogens is 234 g/mol. The molecule has 0 aliphatic carbocycles. The predicted molar refractivity (Wildman–Crippen MR) is 57.5 cm³/mol. The summed E-state index contributed by atoms with van der Waals surface area (Å²) in [6, 6.07) is -1.50. The number of hydrogen-bond acceptors (Lipinski definition) is 4. The Labute approximate surface area is 96.8 Å². The van der Waals surface area contributed by atoms with Crippen molar-refractivity contribution in [2.45, 2.75) is 25.1 Å². The van der Waals surface area contributed by atoms with Crippen LogP contribution in [0.3, 0.4) is 0 Å². The zero-order chi connectivity index (χ0) is 12.5. The SMILES string of the molecule is OBc1cnc(N2CCCC2C(F)(F)F)nc1. The number of alkyl halides is 3. The minimum atomic E-state index is -4.25. The molecule has 1 aliphatic heterocycles. The highest BCUT2D eigenvalue weighted by Gasteiger charge is 2.46. The van der Waals surface area contributed by atoms with Crippen LogP contribution in [0.25, 0.3) is 0 Å². The Kier molecular flexibility index (Phi) is 3.23. The monoisotopic (exact) mass is 245 g/mol. The number of halogens is 3. The summed E-state index contributed by atoms with van der Waals surface area (Å²) in [5.41, 5.74) is 0.483. The van der Waals surface area contributed by atoms with Crippen LogP contribution in [0, 0.1) is 0 Å². The first kappa shape index (κ1) is 12.2. The van der Waals surface area contributed by atoms with Crippen LogP contribution in [0.2, 0.25) is 0 Å². The smallest absolute Gasteiger partial charge is 0.408 e. The molecule has 0 saturated carbocycles. The summed E-state index contributed by atoms with van der Waals surface area (Å²) in [5.74, 6) is 0.0713. The molecule has 92 valence electrons. The van der Waals surface area contributed by atoms with Crippen molar-refractivity contribution in [2.75, 3.05) is 11.4 Å². The molecule has 1 fully saturated rings. The molecule has 4 nitrogen and oxygen atoms in total. The van der Waals surface area contributed by atoms with Crippen molar-refractivity contribution in [3.05, 3.63) is 12.4 Å². The highest BCUT2D eigenvalue weighted by atomic mass is 19.4. The van der Waals surface area contributed by atoms with Crippen LogP contribution in [0.5, 0.6) is 0 Å². The molecule has 1 N–H and O–H groups in total. The van der Waals surface area contributed by atoms with E-state index in [1.54, 1.807) is 0 Å². The summed E-state index contributed by atoms with van der Waals surface area (Å²) in [4.78, 5) is 8.87. The summed E-state index contributed by atoms with van der Waals surface area (Å²) >= 11 is 0. The second-order valence-corrected chi connectivity index (χ2v) is 3.94. The molecule has 1 aromatic heterocycles. The van der Waals surface area contributed by atoms with Crippen LogP contribution in [-0.2, 0) is 0 Å². The summed E-state index contributed by atoms with van der Waals surface area (Å²) in [5, 5.41) is 8.80. The van der Waals surface area contributed by atoms with Crippen LogP contribution >= 0.6 is 0 Å². The van der Waals surface area contributed by atoms with E-state index in [9.17, 15) is 13.2 Å². The van der Waals surface area contributed by atoms with Crippen LogP contribution < -0.4 is 10.4 Å². The third-order valence-electron chi connectivity index (χ3n) is 2.76. The van der Waals surface area contributed by atoms with Crippen LogP contribution in [0.1, 0.15) is 12.8 Å². The fourth-order valence-corrected chi connectivity index (χ4v) is 1.92. The molecule has 0 radical (unpaired) electrons. The average Bonchev–Trinajstić information content (AvgIpc) is 2.78. The van der Waals surface area contributed by atoms with E-state index < -0.39 is 12.2 Å². The van der Waals surface area contributed by atoms with E-state index >= 15 is 0 Å². The topological polar surface area (TPSA) is 49.3 Å². The van der Waals surface area contributed by atoms with Gasteiger partial charge in [-0.3, -0.25) is 0 Å². The van der Waals surface area contributed by atoms with Crippen molar-refractivity contribution in [3.8, 4) is 0 Å². The van der Waals surface area contributed by atoms with Gasteiger partial charge in [-0.1, -0.05) is 0 Å². The van der Waals surface area contributed by atoms with E-state index in [1.165, 1.54) is 17.3 Å². The van der Waals surface area contributed by atoms with Gasteiger partial charge in [0, 0.05) is 18.9 Å². The third-order valence-corrected chi connectivity index (χ3v) is 2.76. The molecule has 0 spiro atoms. The Morgan fingerprint density at radius 1 is 1.35 bits per heavy atom. The second kappa shape index (κ2) is 4.52. The minimum Gasteiger partial charge on any atom is -0.449 e. The molecule has 2 heterocycles. The molecule has 8 heteroatoms. The minimum absolute atomic E-state index is 0.0713. The van der Waals surface area contributed by atoms with Gasteiger partial charge < -0.3 is 9.92 Å². The van der Waals surface area contributed by atoms with Gasteiger partial charge in [-0.05, 0) is 18.3 Å². The lowest BCUT2D eigenvalue weighted by Gasteiger charge is -2.26. The van der Waals surface area contributed by atoms with Crippen LogP contribution in [0.4, 0.5) is 19.1 Å². The van der Waals surface area contributed by atoms with Crippen LogP contribution in [0.15, 0.2) is 12.4 Å². The summed E-state index contributed by atoms with van der Waals surface area (Å²) in [6.45, 7) is 0.308. The second-order valence-electron chi connectivity index (χ2n) is 3.94. The number of aromatic nitrogens is 2. The quantitative estimate of drug-likeness (QED) is 0.744. The van der Waals surface area contributed by atoms with Crippen molar-refractivity contribution in [2.24, 2.45) is 0 Å². The van der Waals surface area contributed by atoms with Gasteiger partial charge in [-0.25, -0.2) is 9.97 Å². The molecule has 1 saturated heterocycles. The van der Waals surface area contributed by atoms with Crippen LogP contribution in [-0.4, -0.2) is 41.2 Å². The van der Waals surface area contributed by atoms with Gasteiger partial charge in [0.25, 0.3) is 0 Å². The van der Waals surface area contributed by atoms with Gasteiger partial charge in [0.15, 0.2) is 0 Å². The van der Waals surface area contributed by atoms with Crippen molar-refractivity contribution in [3.63, 3.8) is 0 Å². The number of hydrogen-bond donors (Lipinski definition) is 1. The van der Waals surface area contributed by atoms with Crippen molar-refractivity contribution in [1.82, 2.24) is 9.97 Å². The normalized spacial score (nSPS) is 20.7. The molecule has 2 rings (SSSR count). The summed E-state index contributed by atoms with van der Waals surface area (Å²) < 4.78 is 38.1. The van der Waals surface area contributed by atoms with E-state index in [0.29, 0.717) is 18.4 Å². The lowest BCUT2D eigenvalue weighted by Crippen LogP contribution is -2.42. The zero-order valence-corrected chi connectivity index (χ0v) is 8.98. The zero-order valence-electron chi connectivity index (χ0n) is 8.98. The Bertz CT molecular complexity index is 384. The van der Waals surface area contributed by atoms with E-state index in [4.69, 9.17) is 5.02 Å². The lowest BCUT2D eigenvalue weighted by molar-refractivity contribution is -0.146. The first-order valence-corrected chi connectivity index (χ1v) is 5.27. The molecule has 1 aliphatic rings. The summed E-state index contributed by atoms with van der Waals surface area (Å²) in [7, 11) is -0.219. The van der Waals surface area contributed by atoms with E-state index in [-0.39, 0.29) is 19.9 Å². The Hall–Kier alpha value is -1.31.